The molecule has 0 radical (unpaired) electrons. The molecule has 0 aliphatic heterocycles. The normalized spacial score (nSPS) is 12.4. The SMILES string of the molecule is C=CCNC(C(=O)O)c1cc(Br)c(Cl)s1. The predicted octanol–water partition coefficient (Wildman–Crippen LogP) is 3.07. The third kappa shape index (κ3) is 3.31. The lowest BCUT2D eigenvalue weighted by atomic mass is 10.2. The Bertz CT molecular complexity index is 361. The number of halogens is 2. The van der Waals surface area contributed by atoms with Crippen molar-refractivity contribution < 1.29 is 9.90 Å². The molecule has 1 unspecified atom stereocenters. The van der Waals surface area contributed by atoms with Gasteiger partial charge < -0.3 is 5.11 Å². The number of rotatable bonds is 5. The van der Waals surface area contributed by atoms with Crippen LogP contribution in [0, 0.1) is 0 Å². The average Bonchev–Trinajstić information content (AvgIpc) is 2.47. The van der Waals surface area contributed by atoms with E-state index in [1.165, 1.54) is 11.3 Å². The van der Waals surface area contributed by atoms with Crippen LogP contribution in [0.5, 0.6) is 0 Å². The lowest BCUT2D eigenvalue weighted by molar-refractivity contribution is -0.139. The lowest BCUT2D eigenvalue weighted by Crippen LogP contribution is -2.27. The van der Waals surface area contributed by atoms with Crippen LogP contribution in [0.3, 0.4) is 0 Å². The standard InChI is InChI=1S/C9H9BrClNO2S/c1-2-3-12-7(9(13)14)6-4-5(10)8(11)15-6/h2,4,7,12H,1,3H2,(H,13,14). The van der Waals surface area contributed by atoms with Crippen molar-refractivity contribution in [1.82, 2.24) is 5.32 Å². The number of thiophene rings is 1. The molecule has 0 saturated heterocycles. The second kappa shape index (κ2) is 5.65. The minimum absolute atomic E-state index is 0.435. The number of nitrogens with one attached hydrogen (secondary N) is 1. The van der Waals surface area contributed by atoms with Crippen LogP contribution in [0.2, 0.25) is 4.34 Å². The molecule has 0 bridgehead atoms. The van der Waals surface area contributed by atoms with Crippen molar-refractivity contribution in [2.75, 3.05) is 6.54 Å². The summed E-state index contributed by atoms with van der Waals surface area (Å²) in [4.78, 5) is 11.6. The number of hydrogen-bond donors (Lipinski definition) is 2. The molecule has 0 aliphatic carbocycles. The highest BCUT2D eigenvalue weighted by Gasteiger charge is 2.21. The van der Waals surface area contributed by atoms with E-state index in [-0.39, 0.29) is 0 Å². The fourth-order valence-electron chi connectivity index (χ4n) is 1.02. The van der Waals surface area contributed by atoms with Gasteiger partial charge in [-0.3, -0.25) is 10.1 Å². The van der Waals surface area contributed by atoms with E-state index < -0.39 is 12.0 Å². The number of carboxylic acids is 1. The Morgan fingerprint density at radius 2 is 2.53 bits per heavy atom. The largest absolute Gasteiger partial charge is 0.480 e. The third-order valence-corrected chi connectivity index (χ3v) is 4.20. The highest BCUT2D eigenvalue weighted by molar-refractivity contribution is 9.10. The Morgan fingerprint density at radius 3 is 2.93 bits per heavy atom. The molecule has 0 spiro atoms. The van der Waals surface area contributed by atoms with E-state index in [9.17, 15) is 4.79 Å². The minimum atomic E-state index is -0.928. The van der Waals surface area contributed by atoms with Gasteiger partial charge in [-0.2, -0.15) is 0 Å². The van der Waals surface area contributed by atoms with Gasteiger partial charge in [-0.15, -0.1) is 17.9 Å². The summed E-state index contributed by atoms with van der Waals surface area (Å²) < 4.78 is 1.27. The summed E-state index contributed by atoms with van der Waals surface area (Å²) in [5.74, 6) is -0.928. The quantitative estimate of drug-likeness (QED) is 0.822. The van der Waals surface area contributed by atoms with Gasteiger partial charge in [-0.1, -0.05) is 17.7 Å². The van der Waals surface area contributed by atoms with E-state index in [0.29, 0.717) is 15.8 Å². The molecular weight excluding hydrogens is 302 g/mol. The molecule has 1 aromatic rings. The maximum absolute atomic E-state index is 11.0. The first-order valence-electron chi connectivity index (χ1n) is 4.08. The van der Waals surface area contributed by atoms with Crippen molar-refractivity contribution in [3.8, 4) is 0 Å². The van der Waals surface area contributed by atoms with Crippen molar-refractivity contribution >= 4 is 44.8 Å². The first-order valence-corrected chi connectivity index (χ1v) is 6.06. The van der Waals surface area contributed by atoms with Crippen LogP contribution in [0.15, 0.2) is 23.2 Å². The number of carboxylic acid groups (broad SMARTS) is 1. The van der Waals surface area contributed by atoms with Gasteiger partial charge in [0.05, 0.1) is 0 Å². The monoisotopic (exact) mass is 309 g/mol. The second-order valence-electron chi connectivity index (χ2n) is 2.74. The Balaban J connectivity index is 2.88. The molecule has 0 saturated carbocycles. The molecule has 0 amide bonds. The fourth-order valence-corrected chi connectivity index (χ4v) is 2.82. The predicted molar refractivity (Wildman–Crippen MR) is 65.6 cm³/mol. The topological polar surface area (TPSA) is 49.3 Å². The van der Waals surface area contributed by atoms with Gasteiger partial charge in [0.15, 0.2) is 0 Å². The summed E-state index contributed by atoms with van der Waals surface area (Å²) >= 11 is 10.3. The maximum atomic E-state index is 11.0. The zero-order valence-corrected chi connectivity index (χ0v) is 10.8. The zero-order valence-electron chi connectivity index (χ0n) is 7.67. The Morgan fingerprint density at radius 1 is 1.87 bits per heavy atom. The van der Waals surface area contributed by atoms with Crippen molar-refractivity contribution in [2.45, 2.75) is 6.04 Å². The summed E-state index contributed by atoms with van der Waals surface area (Å²) in [6.07, 6.45) is 1.61. The molecule has 3 nitrogen and oxygen atoms in total. The number of carbonyl (C=O) groups is 1. The molecule has 6 heteroatoms. The van der Waals surface area contributed by atoms with E-state index in [1.54, 1.807) is 12.1 Å². The van der Waals surface area contributed by atoms with Gasteiger partial charge in [0.2, 0.25) is 0 Å². The second-order valence-corrected chi connectivity index (χ2v) is 5.28. The fraction of sp³-hybridized carbons (Fsp3) is 0.222. The van der Waals surface area contributed by atoms with E-state index in [1.807, 2.05) is 0 Å². The first-order chi connectivity index (χ1) is 7.06. The summed E-state index contributed by atoms with van der Waals surface area (Å²) in [6, 6.07) is 0.971. The van der Waals surface area contributed by atoms with Crippen LogP contribution < -0.4 is 5.32 Å². The van der Waals surface area contributed by atoms with E-state index in [4.69, 9.17) is 16.7 Å². The molecule has 15 heavy (non-hydrogen) atoms. The first kappa shape index (κ1) is 12.7. The molecule has 2 N–H and O–H groups in total. The summed E-state index contributed by atoms with van der Waals surface area (Å²) in [5.41, 5.74) is 0. The Labute approximate surface area is 105 Å². The molecule has 1 aromatic heterocycles. The van der Waals surface area contributed by atoms with Gasteiger partial charge in [0, 0.05) is 15.9 Å². The van der Waals surface area contributed by atoms with Crippen LogP contribution in [0.4, 0.5) is 0 Å². The summed E-state index contributed by atoms with van der Waals surface area (Å²) in [6.45, 7) is 3.96. The highest BCUT2D eigenvalue weighted by atomic mass is 79.9. The lowest BCUT2D eigenvalue weighted by Gasteiger charge is -2.10. The molecule has 0 fully saturated rings. The average molecular weight is 311 g/mol. The summed E-state index contributed by atoms with van der Waals surface area (Å²) in [7, 11) is 0. The van der Waals surface area contributed by atoms with Crippen molar-refractivity contribution in [2.24, 2.45) is 0 Å². The van der Waals surface area contributed by atoms with Crippen LogP contribution in [-0.4, -0.2) is 17.6 Å². The van der Waals surface area contributed by atoms with Crippen LogP contribution >= 0.6 is 38.9 Å². The third-order valence-electron chi connectivity index (χ3n) is 1.66. The molecular formula is C9H9BrClNO2S. The molecule has 0 aromatic carbocycles. The van der Waals surface area contributed by atoms with Gasteiger partial charge >= 0.3 is 5.97 Å². The maximum Gasteiger partial charge on any atom is 0.326 e. The minimum Gasteiger partial charge on any atom is -0.480 e. The van der Waals surface area contributed by atoms with Crippen LogP contribution in [-0.2, 0) is 4.79 Å². The van der Waals surface area contributed by atoms with Gasteiger partial charge in [0.25, 0.3) is 0 Å². The molecule has 1 heterocycles. The smallest absolute Gasteiger partial charge is 0.326 e. The molecule has 82 valence electrons. The number of aliphatic carboxylic acids is 1. The van der Waals surface area contributed by atoms with Crippen molar-refractivity contribution in [1.29, 1.82) is 0 Å². The van der Waals surface area contributed by atoms with Crippen molar-refractivity contribution in [3.63, 3.8) is 0 Å². The summed E-state index contributed by atoms with van der Waals surface area (Å²) in [5, 5.41) is 11.8. The van der Waals surface area contributed by atoms with E-state index in [2.05, 4.69) is 27.8 Å². The van der Waals surface area contributed by atoms with Crippen molar-refractivity contribution in [3.05, 3.63) is 32.4 Å². The molecule has 0 aliphatic rings. The Kier molecular flexibility index (Phi) is 4.79. The van der Waals surface area contributed by atoms with Crippen LogP contribution in [0.25, 0.3) is 0 Å². The van der Waals surface area contributed by atoms with E-state index in [0.717, 1.165) is 4.47 Å². The molecule has 1 rings (SSSR count). The van der Waals surface area contributed by atoms with E-state index >= 15 is 0 Å². The van der Waals surface area contributed by atoms with Crippen LogP contribution in [0.1, 0.15) is 10.9 Å². The highest BCUT2D eigenvalue weighted by Crippen LogP contribution is 2.35. The molecule has 1 atom stereocenters. The number of hydrogen-bond acceptors (Lipinski definition) is 3. The zero-order chi connectivity index (χ0) is 11.4. The Hall–Kier alpha value is -0.360. The van der Waals surface area contributed by atoms with Gasteiger partial charge in [-0.05, 0) is 22.0 Å². The van der Waals surface area contributed by atoms with Gasteiger partial charge in [-0.25, -0.2) is 0 Å². The van der Waals surface area contributed by atoms with Gasteiger partial charge in [0.1, 0.15) is 10.4 Å².